The molecule has 0 aromatic heterocycles. The Hall–Kier alpha value is -1.32. The molecule has 0 atom stereocenters. The Morgan fingerprint density at radius 1 is 1.33 bits per heavy atom. The zero-order chi connectivity index (χ0) is 11.1. The molecular formula is C12H16O3. The van der Waals surface area contributed by atoms with Crippen molar-refractivity contribution in [2.45, 2.75) is 0 Å². The van der Waals surface area contributed by atoms with Gasteiger partial charge in [0, 0.05) is 0 Å². The van der Waals surface area contributed by atoms with Gasteiger partial charge in [0.2, 0.25) is 0 Å². The Labute approximate surface area is 90.0 Å². The molecule has 3 heteroatoms. The van der Waals surface area contributed by atoms with Crippen LogP contribution >= 0.6 is 0 Å². The van der Waals surface area contributed by atoms with Crippen LogP contribution in [0.3, 0.4) is 0 Å². The fourth-order valence-corrected chi connectivity index (χ4v) is 1.17. The Balaban J connectivity index is 2.50. The predicted octanol–water partition coefficient (Wildman–Crippen LogP) is 1.72. The van der Waals surface area contributed by atoms with Gasteiger partial charge in [-0.3, -0.25) is 0 Å². The molecule has 0 aliphatic carbocycles. The van der Waals surface area contributed by atoms with Crippen LogP contribution in [0.25, 0.3) is 5.57 Å². The quantitative estimate of drug-likeness (QED) is 0.723. The SMILES string of the molecule is C=C(COCCO)c1ccc(OC)cc1. The van der Waals surface area contributed by atoms with Crippen LogP contribution in [-0.4, -0.2) is 32.0 Å². The lowest BCUT2D eigenvalue weighted by Crippen LogP contribution is -2.02. The number of aliphatic hydroxyl groups is 1. The Kier molecular flexibility index (Phi) is 4.87. The normalized spacial score (nSPS) is 10.0. The van der Waals surface area contributed by atoms with E-state index in [1.165, 1.54) is 0 Å². The second-order valence-electron chi connectivity index (χ2n) is 3.11. The van der Waals surface area contributed by atoms with E-state index < -0.39 is 0 Å². The standard InChI is InChI=1S/C12H16O3/c1-10(9-15-8-7-13)11-3-5-12(14-2)6-4-11/h3-6,13H,1,7-9H2,2H3. The molecule has 0 heterocycles. The van der Waals surface area contributed by atoms with Crippen molar-refractivity contribution in [3.05, 3.63) is 36.4 Å². The predicted molar refractivity (Wildman–Crippen MR) is 59.9 cm³/mol. The molecule has 0 fully saturated rings. The summed E-state index contributed by atoms with van der Waals surface area (Å²) in [6.45, 7) is 4.72. The van der Waals surface area contributed by atoms with Gasteiger partial charge in [-0.2, -0.15) is 0 Å². The van der Waals surface area contributed by atoms with Gasteiger partial charge in [0.15, 0.2) is 0 Å². The van der Waals surface area contributed by atoms with Crippen LogP contribution in [-0.2, 0) is 4.74 Å². The molecule has 0 aliphatic heterocycles. The zero-order valence-electron chi connectivity index (χ0n) is 8.90. The largest absolute Gasteiger partial charge is 0.497 e. The number of benzene rings is 1. The lowest BCUT2D eigenvalue weighted by molar-refractivity contribution is 0.115. The van der Waals surface area contributed by atoms with Crippen molar-refractivity contribution in [2.75, 3.05) is 26.9 Å². The molecular weight excluding hydrogens is 192 g/mol. The molecule has 1 aromatic carbocycles. The van der Waals surface area contributed by atoms with Crippen molar-refractivity contribution in [1.82, 2.24) is 0 Å². The van der Waals surface area contributed by atoms with Crippen molar-refractivity contribution in [1.29, 1.82) is 0 Å². The lowest BCUT2D eigenvalue weighted by atomic mass is 10.1. The first-order chi connectivity index (χ1) is 7.27. The van der Waals surface area contributed by atoms with Gasteiger partial charge in [-0.05, 0) is 23.3 Å². The second-order valence-corrected chi connectivity index (χ2v) is 3.11. The van der Waals surface area contributed by atoms with Crippen LogP contribution < -0.4 is 4.74 Å². The van der Waals surface area contributed by atoms with E-state index in [1.54, 1.807) is 7.11 Å². The van der Waals surface area contributed by atoms with Crippen LogP contribution in [0.15, 0.2) is 30.8 Å². The van der Waals surface area contributed by atoms with E-state index in [-0.39, 0.29) is 6.61 Å². The average Bonchev–Trinajstić information content (AvgIpc) is 2.29. The first-order valence-electron chi connectivity index (χ1n) is 4.78. The average molecular weight is 208 g/mol. The van der Waals surface area contributed by atoms with E-state index in [0.717, 1.165) is 16.9 Å². The van der Waals surface area contributed by atoms with Crippen LogP contribution in [0.2, 0.25) is 0 Å². The third-order valence-electron chi connectivity index (χ3n) is 2.01. The molecule has 0 bridgehead atoms. The molecule has 1 aromatic rings. The Morgan fingerprint density at radius 2 is 2.00 bits per heavy atom. The smallest absolute Gasteiger partial charge is 0.118 e. The highest BCUT2D eigenvalue weighted by atomic mass is 16.5. The van der Waals surface area contributed by atoms with E-state index in [9.17, 15) is 0 Å². The molecule has 0 amide bonds. The first-order valence-corrected chi connectivity index (χ1v) is 4.78. The summed E-state index contributed by atoms with van der Waals surface area (Å²) in [5, 5.41) is 8.55. The van der Waals surface area contributed by atoms with Crippen molar-refractivity contribution in [2.24, 2.45) is 0 Å². The van der Waals surface area contributed by atoms with E-state index >= 15 is 0 Å². The molecule has 0 aliphatic rings. The van der Waals surface area contributed by atoms with Crippen LogP contribution in [0.5, 0.6) is 5.75 Å². The van der Waals surface area contributed by atoms with E-state index in [2.05, 4.69) is 6.58 Å². The summed E-state index contributed by atoms with van der Waals surface area (Å²) >= 11 is 0. The van der Waals surface area contributed by atoms with Gasteiger partial charge in [-0.25, -0.2) is 0 Å². The minimum atomic E-state index is 0.0376. The third kappa shape index (κ3) is 3.73. The number of hydrogen-bond acceptors (Lipinski definition) is 3. The molecule has 15 heavy (non-hydrogen) atoms. The Morgan fingerprint density at radius 3 is 2.53 bits per heavy atom. The molecule has 82 valence electrons. The van der Waals surface area contributed by atoms with Crippen molar-refractivity contribution >= 4 is 5.57 Å². The molecule has 0 radical (unpaired) electrons. The summed E-state index contributed by atoms with van der Waals surface area (Å²) in [4.78, 5) is 0. The lowest BCUT2D eigenvalue weighted by Gasteiger charge is -2.07. The van der Waals surface area contributed by atoms with Gasteiger partial charge in [-0.1, -0.05) is 18.7 Å². The summed E-state index contributed by atoms with van der Waals surface area (Å²) in [7, 11) is 1.63. The number of aliphatic hydroxyl groups excluding tert-OH is 1. The molecule has 0 spiro atoms. The monoisotopic (exact) mass is 208 g/mol. The molecule has 1 rings (SSSR count). The number of methoxy groups -OCH3 is 1. The zero-order valence-corrected chi connectivity index (χ0v) is 8.90. The highest BCUT2D eigenvalue weighted by Gasteiger charge is 1.99. The summed E-state index contributed by atoms with van der Waals surface area (Å²) in [5.74, 6) is 0.822. The minimum Gasteiger partial charge on any atom is -0.497 e. The highest BCUT2D eigenvalue weighted by Crippen LogP contribution is 2.17. The fraction of sp³-hybridized carbons (Fsp3) is 0.333. The maximum atomic E-state index is 8.55. The number of hydrogen-bond donors (Lipinski definition) is 1. The van der Waals surface area contributed by atoms with Crippen LogP contribution in [0.1, 0.15) is 5.56 Å². The maximum Gasteiger partial charge on any atom is 0.118 e. The summed E-state index contributed by atoms with van der Waals surface area (Å²) < 4.78 is 10.2. The summed E-state index contributed by atoms with van der Waals surface area (Å²) in [5.41, 5.74) is 1.92. The topological polar surface area (TPSA) is 38.7 Å². The van der Waals surface area contributed by atoms with Crippen molar-refractivity contribution < 1.29 is 14.6 Å². The van der Waals surface area contributed by atoms with Gasteiger partial charge in [0.25, 0.3) is 0 Å². The third-order valence-corrected chi connectivity index (χ3v) is 2.01. The van der Waals surface area contributed by atoms with Gasteiger partial charge in [-0.15, -0.1) is 0 Å². The van der Waals surface area contributed by atoms with Gasteiger partial charge in [0.1, 0.15) is 5.75 Å². The summed E-state index contributed by atoms with van der Waals surface area (Å²) in [6.07, 6.45) is 0. The molecule has 3 nitrogen and oxygen atoms in total. The number of ether oxygens (including phenoxy) is 2. The van der Waals surface area contributed by atoms with E-state index in [1.807, 2.05) is 24.3 Å². The molecule has 1 N–H and O–H groups in total. The molecule has 0 unspecified atom stereocenters. The van der Waals surface area contributed by atoms with E-state index in [4.69, 9.17) is 14.6 Å². The van der Waals surface area contributed by atoms with Crippen molar-refractivity contribution in [3.63, 3.8) is 0 Å². The maximum absolute atomic E-state index is 8.55. The highest BCUT2D eigenvalue weighted by molar-refractivity contribution is 5.64. The van der Waals surface area contributed by atoms with Gasteiger partial charge in [0.05, 0.1) is 26.9 Å². The molecule has 0 saturated heterocycles. The van der Waals surface area contributed by atoms with Crippen LogP contribution in [0, 0.1) is 0 Å². The van der Waals surface area contributed by atoms with Gasteiger partial charge >= 0.3 is 0 Å². The Bertz CT molecular complexity index is 303. The molecule has 0 saturated carbocycles. The van der Waals surface area contributed by atoms with Gasteiger partial charge < -0.3 is 14.6 Å². The minimum absolute atomic E-state index is 0.0376. The van der Waals surface area contributed by atoms with Crippen LogP contribution in [0.4, 0.5) is 0 Å². The summed E-state index contributed by atoms with van der Waals surface area (Å²) in [6, 6.07) is 7.63. The van der Waals surface area contributed by atoms with E-state index in [0.29, 0.717) is 13.2 Å². The second kappa shape index (κ2) is 6.22. The first kappa shape index (κ1) is 11.8. The van der Waals surface area contributed by atoms with Crippen molar-refractivity contribution in [3.8, 4) is 5.75 Å². The number of rotatable bonds is 6. The fourth-order valence-electron chi connectivity index (χ4n) is 1.17.